The lowest BCUT2D eigenvalue weighted by Gasteiger charge is -2.06. The van der Waals surface area contributed by atoms with Crippen molar-refractivity contribution in [3.63, 3.8) is 0 Å². The molecular formula is C12H14FN3O. The molecule has 0 spiro atoms. The molecule has 0 atom stereocenters. The Morgan fingerprint density at radius 2 is 2.29 bits per heavy atom. The van der Waals surface area contributed by atoms with Crippen LogP contribution in [0.3, 0.4) is 0 Å². The van der Waals surface area contributed by atoms with Crippen molar-refractivity contribution in [2.24, 2.45) is 5.73 Å². The Hall–Kier alpha value is -1.88. The number of ether oxygens (including phenoxy) is 1. The van der Waals surface area contributed by atoms with Gasteiger partial charge >= 0.3 is 0 Å². The SMILES string of the molecule is COc1ccc(F)cc1-c1cnc(CCN)[nH]1. The summed E-state index contributed by atoms with van der Waals surface area (Å²) in [5.74, 6) is 1.08. The topological polar surface area (TPSA) is 63.9 Å². The Kier molecular flexibility index (Phi) is 3.39. The Balaban J connectivity index is 2.40. The molecule has 0 saturated heterocycles. The Bertz CT molecular complexity index is 510. The van der Waals surface area contributed by atoms with Crippen LogP contribution in [0.15, 0.2) is 24.4 Å². The number of nitrogens with one attached hydrogen (secondary N) is 1. The second kappa shape index (κ2) is 4.97. The summed E-state index contributed by atoms with van der Waals surface area (Å²) in [6.45, 7) is 0.521. The molecule has 0 fully saturated rings. The van der Waals surface area contributed by atoms with E-state index in [1.165, 1.54) is 12.1 Å². The molecule has 0 aliphatic carbocycles. The molecule has 1 aromatic carbocycles. The number of benzene rings is 1. The summed E-state index contributed by atoms with van der Waals surface area (Å²) in [4.78, 5) is 7.27. The number of nitrogens with two attached hydrogens (primary N) is 1. The number of H-pyrrole nitrogens is 1. The summed E-state index contributed by atoms with van der Waals surface area (Å²) in [5, 5.41) is 0. The minimum atomic E-state index is -0.309. The van der Waals surface area contributed by atoms with Crippen molar-refractivity contribution >= 4 is 0 Å². The van der Waals surface area contributed by atoms with Crippen molar-refractivity contribution in [1.82, 2.24) is 9.97 Å². The van der Waals surface area contributed by atoms with Crippen molar-refractivity contribution in [3.05, 3.63) is 36.0 Å². The Morgan fingerprint density at radius 1 is 1.47 bits per heavy atom. The molecule has 17 heavy (non-hydrogen) atoms. The number of imidazole rings is 1. The van der Waals surface area contributed by atoms with Gasteiger partial charge in [0.1, 0.15) is 17.4 Å². The van der Waals surface area contributed by atoms with Gasteiger partial charge in [-0.1, -0.05) is 0 Å². The van der Waals surface area contributed by atoms with E-state index in [-0.39, 0.29) is 5.82 Å². The fraction of sp³-hybridized carbons (Fsp3) is 0.250. The first kappa shape index (κ1) is 11.6. The van der Waals surface area contributed by atoms with E-state index in [0.717, 1.165) is 11.5 Å². The van der Waals surface area contributed by atoms with Crippen LogP contribution in [0, 0.1) is 5.82 Å². The number of methoxy groups -OCH3 is 1. The van der Waals surface area contributed by atoms with Crippen molar-refractivity contribution < 1.29 is 9.13 Å². The highest BCUT2D eigenvalue weighted by Crippen LogP contribution is 2.29. The lowest BCUT2D eigenvalue weighted by atomic mass is 10.1. The molecule has 0 amide bonds. The van der Waals surface area contributed by atoms with E-state index in [0.29, 0.717) is 24.3 Å². The maximum absolute atomic E-state index is 13.2. The van der Waals surface area contributed by atoms with Gasteiger partial charge in [-0.05, 0) is 24.7 Å². The fourth-order valence-electron chi connectivity index (χ4n) is 1.65. The zero-order valence-electron chi connectivity index (χ0n) is 9.53. The van der Waals surface area contributed by atoms with Gasteiger partial charge in [0.05, 0.1) is 19.0 Å². The normalized spacial score (nSPS) is 10.5. The van der Waals surface area contributed by atoms with Gasteiger partial charge in [-0.3, -0.25) is 0 Å². The smallest absolute Gasteiger partial charge is 0.128 e. The number of nitrogens with zero attached hydrogens (tertiary/aromatic N) is 1. The van der Waals surface area contributed by atoms with Gasteiger partial charge in [0, 0.05) is 12.0 Å². The molecule has 1 aromatic heterocycles. The van der Waals surface area contributed by atoms with Crippen LogP contribution in [0.1, 0.15) is 5.82 Å². The van der Waals surface area contributed by atoms with Crippen LogP contribution in [-0.2, 0) is 6.42 Å². The Morgan fingerprint density at radius 3 is 3.00 bits per heavy atom. The predicted octanol–water partition coefficient (Wildman–Crippen LogP) is 1.73. The van der Waals surface area contributed by atoms with E-state index in [2.05, 4.69) is 9.97 Å². The molecule has 4 nitrogen and oxygen atoms in total. The number of halogens is 1. The first-order valence-electron chi connectivity index (χ1n) is 5.32. The maximum Gasteiger partial charge on any atom is 0.128 e. The highest BCUT2D eigenvalue weighted by Gasteiger charge is 2.09. The number of hydrogen-bond donors (Lipinski definition) is 2. The first-order chi connectivity index (χ1) is 8.24. The fourth-order valence-corrected chi connectivity index (χ4v) is 1.65. The van der Waals surface area contributed by atoms with Gasteiger partial charge in [-0.15, -0.1) is 0 Å². The average Bonchev–Trinajstić information content (AvgIpc) is 2.78. The van der Waals surface area contributed by atoms with Gasteiger partial charge in [0.15, 0.2) is 0 Å². The molecule has 0 unspecified atom stereocenters. The molecule has 1 heterocycles. The third kappa shape index (κ3) is 2.45. The van der Waals surface area contributed by atoms with Gasteiger partial charge in [-0.25, -0.2) is 9.37 Å². The lowest BCUT2D eigenvalue weighted by molar-refractivity contribution is 0.415. The molecule has 90 valence electrons. The summed E-state index contributed by atoms with van der Waals surface area (Å²) in [5.41, 5.74) is 6.83. The summed E-state index contributed by atoms with van der Waals surface area (Å²) in [7, 11) is 1.55. The van der Waals surface area contributed by atoms with E-state index in [1.54, 1.807) is 19.4 Å². The number of hydrogen-bond acceptors (Lipinski definition) is 3. The van der Waals surface area contributed by atoms with E-state index in [4.69, 9.17) is 10.5 Å². The van der Waals surface area contributed by atoms with Crippen molar-refractivity contribution in [2.45, 2.75) is 6.42 Å². The molecule has 3 N–H and O–H groups in total. The third-order valence-corrected chi connectivity index (χ3v) is 2.46. The zero-order valence-corrected chi connectivity index (χ0v) is 9.53. The predicted molar refractivity (Wildman–Crippen MR) is 63.3 cm³/mol. The van der Waals surface area contributed by atoms with Crippen LogP contribution in [0.2, 0.25) is 0 Å². The summed E-state index contributed by atoms with van der Waals surface area (Å²) in [6.07, 6.45) is 2.32. The Labute approximate surface area is 98.6 Å². The lowest BCUT2D eigenvalue weighted by Crippen LogP contribution is -2.03. The molecule has 2 aromatic rings. The highest BCUT2D eigenvalue weighted by molar-refractivity contribution is 5.66. The van der Waals surface area contributed by atoms with E-state index >= 15 is 0 Å². The second-order valence-electron chi connectivity index (χ2n) is 3.63. The minimum Gasteiger partial charge on any atom is -0.496 e. The molecule has 0 aliphatic rings. The summed E-state index contributed by atoms with van der Waals surface area (Å²) < 4.78 is 18.4. The monoisotopic (exact) mass is 235 g/mol. The van der Waals surface area contributed by atoms with Crippen LogP contribution >= 0.6 is 0 Å². The van der Waals surface area contributed by atoms with Crippen LogP contribution in [0.25, 0.3) is 11.3 Å². The summed E-state index contributed by atoms with van der Waals surface area (Å²) in [6, 6.07) is 4.37. The second-order valence-corrected chi connectivity index (χ2v) is 3.63. The number of aromatic nitrogens is 2. The quantitative estimate of drug-likeness (QED) is 0.848. The highest BCUT2D eigenvalue weighted by atomic mass is 19.1. The van der Waals surface area contributed by atoms with E-state index in [9.17, 15) is 4.39 Å². The van der Waals surface area contributed by atoms with Crippen LogP contribution in [0.5, 0.6) is 5.75 Å². The average molecular weight is 235 g/mol. The van der Waals surface area contributed by atoms with E-state index < -0.39 is 0 Å². The molecule has 5 heteroatoms. The van der Waals surface area contributed by atoms with Crippen molar-refractivity contribution in [1.29, 1.82) is 0 Å². The molecule has 2 rings (SSSR count). The van der Waals surface area contributed by atoms with E-state index in [1.807, 2.05) is 0 Å². The van der Waals surface area contributed by atoms with Gasteiger partial charge in [0.25, 0.3) is 0 Å². The molecule has 0 radical (unpaired) electrons. The van der Waals surface area contributed by atoms with Crippen LogP contribution in [-0.4, -0.2) is 23.6 Å². The number of aromatic amines is 1. The van der Waals surface area contributed by atoms with Gasteiger partial charge in [0.2, 0.25) is 0 Å². The standard InChI is InChI=1S/C12H14FN3O/c1-17-11-3-2-8(13)6-9(11)10-7-15-12(16-10)4-5-14/h2-3,6-7H,4-5,14H2,1H3,(H,15,16). The molecule has 0 bridgehead atoms. The molecular weight excluding hydrogens is 221 g/mol. The van der Waals surface area contributed by atoms with Gasteiger partial charge < -0.3 is 15.5 Å². The van der Waals surface area contributed by atoms with Gasteiger partial charge in [-0.2, -0.15) is 0 Å². The van der Waals surface area contributed by atoms with Crippen LogP contribution < -0.4 is 10.5 Å². The third-order valence-electron chi connectivity index (χ3n) is 2.46. The molecule has 0 saturated carbocycles. The van der Waals surface area contributed by atoms with Crippen LogP contribution in [0.4, 0.5) is 4.39 Å². The maximum atomic E-state index is 13.2. The first-order valence-corrected chi connectivity index (χ1v) is 5.32. The van der Waals surface area contributed by atoms with Crippen molar-refractivity contribution in [3.8, 4) is 17.0 Å². The molecule has 0 aliphatic heterocycles. The minimum absolute atomic E-state index is 0.309. The summed E-state index contributed by atoms with van der Waals surface area (Å²) >= 11 is 0. The van der Waals surface area contributed by atoms with Crippen molar-refractivity contribution in [2.75, 3.05) is 13.7 Å². The largest absolute Gasteiger partial charge is 0.496 e. The number of rotatable bonds is 4. The zero-order chi connectivity index (χ0) is 12.3.